The number of ether oxygens (including phenoxy) is 1. The van der Waals surface area contributed by atoms with Crippen molar-refractivity contribution in [2.75, 3.05) is 19.7 Å². The SMILES string of the molecule is O=C(NCc1nccs1)[C@H]1CN(Cc2ccccc2)CCO1. The van der Waals surface area contributed by atoms with E-state index in [4.69, 9.17) is 4.74 Å². The molecule has 1 aromatic heterocycles. The predicted molar refractivity (Wildman–Crippen MR) is 85.4 cm³/mol. The molecule has 3 rings (SSSR count). The molecule has 6 heteroatoms. The van der Waals surface area contributed by atoms with Crippen LogP contribution in [-0.4, -0.2) is 41.6 Å². The second kappa shape index (κ2) is 7.49. The molecule has 5 nitrogen and oxygen atoms in total. The van der Waals surface area contributed by atoms with Crippen molar-refractivity contribution in [3.05, 3.63) is 52.5 Å². The van der Waals surface area contributed by atoms with Crippen LogP contribution in [0.2, 0.25) is 0 Å². The second-order valence-corrected chi connectivity index (χ2v) is 6.20. The third-order valence-electron chi connectivity index (χ3n) is 3.59. The summed E-state index contributed by atoms with van der Waals surface area (Å²) in [5.74, 6) is -0.0621. The van der Waals surface area contributed by atoms with E-state index in [1.54, 1.807) is 6.20 Å². The number of morpholine rings is 1. The molecule has 116 valence electrons. The first kappa shape index (κ1) is 15.1. The third-order valence-corrected chi connectivity index (χ3v) is 4.37. The van der Waals surface area contributed by atoms with Crippen LogP contribution in [-0.2, 0) is 22.6 Å². The Balaban J connectivity index is 1.50. The van der Waals surface area contributed by atoms with E-state index >= 15 is 0 Å². The molecule has 0 radical (unpaired) electrons. The Bertz CT molecular complexity index is 589. The minimum absolute atomic E-state index is 0.0621. The maximum Gasteiger partial charge on any atom is 0.250 e. The zero-order valence-electron chi connectivity index (χ0n) is 12.3. The zero-order chi connectivity index (χ0) is 15.2. The summed E-state index contributed by atoms with van der Waals surface area (Å²) >= 11 is 1.54. The highest BCUT2D eigenvalue weighted by atomic mass is 32.1. The molecule has 1 saturated heterocycles. The summed E-state index contributed by atoms with van der Waals surface area (Å²) in [5.41, 5.74) is 1.26. The van der Waals surface area contributed by atoms with Gasteiger partial charge in [-0.2, -0.15) is 0 Å². The van der Waals surface area contributed by atoms with E-state index in [-0.39, 0.29) is 5.91 Å². The highest BCUT2D eigenvalue weighted by Crippen LogP contribution is 2.11. The maximum absolute atomic E-state index is 12.2. The maximum atomic E-state index is 12.2. The molecule has 2 aromatic rings. The van der Waals surface area contributed by atoms with Crippen molar-refractivity contribution in [3.8, 4) is 0 Å². The number of nitrogens with one attached hydrogen (secondary N) is 1. The van der Waals surface area contributed by atoms with Gasteiger partial charge in [-0.3, -0.25) is 9.69 Å². The van der Waals surface area contributed by atoms with E-state index in [1.165, 1.54) is 16.9 Å². The van der Waals surface area contributed by atoms with Gasteiger partial charge in [-0.1, -0.05) is 30.3 Å². The summed E-state index contributed by atoms with van der Waals surface area (Å²) in [7, 11) is 0. The fourth-order valence-corrected chi connectivity index (χ4v) is 3.02. The average molecular weight is 317 g/mol. The molecule has 0 unspecified atom stereocenters. The van der Waals surface area contributed by atoms with E-state index < -0.39 is 6.10 Å². The highest BCUT2D eigenvalue weighted by molar-refractivity contribution is 7.09. The number of rotatable bonds is 5. The van der Waals surface area contributed by atoms with Gasteiger partial charge < -0.3 is 10.1 Å². The monoisotopic (exact) mass is 317 g/mol. The Morgan fingerprint density at radius 1 is 1.41 bits per heavy atom. The Morgan fingerprint density at radius 3 is 3.05 bits per heavy atom. The van der Waals surface area contributed by atoms with Crippen LogP contribution < -0.4 is 5.32 Å². The average Bonchev–Trinajstić information content (AvgIpc) is 3.07. The van der Waals surface area contributed by atoms with Crippen LogP contribution in [0.25, 0.3) is 0 Å². The first-order valence-corrected chi connectivity index (χ1v) is 8.23. The molecule has 1 aliphatic heterocycles. The number of nitrogens with zero attached hydrogens (tertiary/aromatic N) is 2. The van der Waals surface area contributed by atoms with Crippen LogP contribution in [0.5, 0.6) is 0 Å². The Hall–Kier alpha value is -1.76. The van der Waals surface area contributed by atoms with Gasteiger partial charge in [0.1, 0.15) is 11.1 Å². The van der Waals surface area contributed by atoms with Gasteiger partial charge >= 0.3 is 0 Å². The molecule has 1 aromatic carbocycles. The molecular weight excluding hydrogens is 298 g/mol. The molecule has 0 bridgehead atoms. The number of amides is 1. The second-order valence-electron chi connectivity index (χ2n) is 5.22. The number of carbonyl (C=O) groups is 1. The lowest BCUT2D eigenvalue weighted by Crippen LogP contribution is -2.49. The molecule has 2 heterocycles. The Labute approximate surface area is 133 Å². The van der Waals surface area contributed by atoms with Gasteiger partial charge in [0.05, 0.1) is 13.2 Å². The smallest absolute Gasteiger partial charge is 0.250 e. The van der Waals surface area contributed by atoms with Gasteiger partial charge in [-0.25, -0.2) is 4.98 Å². The van der Waals surface area contributed by atoms with Crippen LogP contribution in [0, 0.1) is 0 Å². The summed E-state index contributed by atoms with van der Waals surface area (Å²) in [6, 6.07) is 10.3. The Kier molecular flexibility index (Phi) is 5.15. The largest absolute Gasteiger partial charge is 0.366 e. The van der Waals surface area contributed by atoms with Crippen LogP contribution in [0.3, 0.4) is 0 Å². The van der Waals surface area contributed by atoms with Crippen LogP contribution in [0.15, 0.2) is 41.9 Å². The number of hydrogen-bond donors (Lipinski definition) is 1. The quantitative estimate of drug-likeness (QED) is 0.911. The van der Waals surface area contributed by atoms with Crippen molar-refractivity contribution < 1.29 is 9.53 Å². The van der Waals surface area contributed by atoms with Gasteiger partial charge in [0, 0.05) is 31.2 Å². The molecule has 0 saturated carbocycles. The fraction of sp³-hybridized carbons (Fsp3) is 0.375. The van der Waals surface area contributed by atoms with Crippen molar-refractivity contribution in [1.82, 2.24) is 15.2 Å². The van der Waals surface area contributed by atoms with Crippen molar-refractivity contribution in [1.29, 1.82) is 0 Å². The van der Waals surface area contributed by atoms with E-state index in [2.05, 4.69) is 27.3 Å². The number of benzene rings is 1. The van der Waals surface area contributed by atoms with E-state index in [0.29, 0.717) is 19.7 Å². The van der Waals surface area contributed by atoms with E-state index in [0.717, 1.165) is 18.1 Å². The first-order valence-electron chi connectivity index (χ1n) is 7.35. The van der Waals surface area contributed by atoms with E-state index in [1.807, 2.05) is 23.6 Å². The summed E-state index contributed by atoms with van der Waals surface area (Å²) in [4.78, 5) is 18.6. The summed E-state index contributed by atoms with van der Waals surface area (Å²) in [6.45, 7) is 3.38. The summed E-state index contributed by atoms with van der Waals surface area (Å²) in [5, 5.41) is 5.71. The normalized spacial score (nSPS) is 19.0. The fourth-order valence-electron chi connectivity index (χ4n) is 2.46. The van der Waals surface area contributed by atoms with Crippen LogP contribution in [0.4, 0.5) is 0 Å². The molecule has 0 spiro atoms. The molecule has 0 aliphatic carbocycles. The highest BCUT2D eigenvalue weighted by Gasteiger charge is 2.26. The Morgan fingerprint density at radius 2 is 2.27 bits per heavy atom. The molecule has 1 fully saturated rings. The number of hydrogen-bond acceptors (Lipinski definition) is 5. The van der Waals surface area contributed by atoms with Crippen LogP contribution in [0.1, 0.15) is 10.6 Å². The van der Waals surface area contributed by atoms with Crippen molar-refractivity contribution in [3.63, 3.8) is 0 Å². The van der Waals surface area contributed by atoms with Gasteiger partial charge in [0.15, 0.2) is 0 Å². The van der Waals surface area contributed by atoms with Gasteiger partial charge in [-0.15, -0.1) is 11.3 Å². The van der Waals surface area contributed by atoms with E-state index in [9.17, 15) is 4.79 Å². The molecular formula is C16H19N3O2S. The number of aromatic nitrogens is 1. The van der Waals surface area contributed by atoms with Gasteiger partial charge in [0.25, 0.3) is 5.91 Å². The molecule has 1 N–H and O–H groups in total. The lowest BCUT2D eigenvalue weighted by atomic mass is 10.2. The summed E-state index contributed by atoms with van der Waals surface area (Å²) < 4.78 is 5.61. The third kappa shape index (κ3) is 4.13. The molecule has 1 atom stereocenters. The number of carbonyl (C=O) groups excluding carboxylic acids is 1. The van der Waals surface area contributed by atoms with Crippen molar-refractivity contribution >= 4 is 17.2 Å². The number of thiazole rings is 1. The minimum atomic E-state index is -0.405. The van der Waals surface area contributed by atoms with Gasteiger partial charge in [-0.05, 0) is 5.56 Å². The summed E-state index contributed by atoms with van der Waals surface area (Å²) in [6.07, 6.45) is 1.34. The standard InChI is InChI=1S/C16H19N3O2S/c20-16(18-10-15-17-6-9-22-15)14-12-19(7-8-21-14)11-13-4-2-1-3-5-13/h1-6,9,14H,7-8,10-12H2,(H,18,20)/t14-/m1/s1. The first-order chi connectivity index (χ1) is 10.8. The minimum Gasteiger partial charge on any atom is -0.366 e. The molecule has 1 amide bonds. The lowest BCUT2D eigenvalue weighted by molar-refractivity contribution is -0.139. The van der Waals surface area contributed by atoms with Crippen LogP contribution >= 0.6 is 11.3 Å². The molecule has 1 aliphatic rings. The molecule has 22 heavy (non-hydrogen) atoms. The van der Waals surface area contributed by atoms with Crippen molar-refractivity contribution in [2.45, 2.75) is 19.2 Å². The van der Waals surface area contributed by atoms with Crippen molar-refractivity contribution in [2.24, 2.45) is 0 Å². The topological polar surface area (TPSA) is 54.5 Å². The van der Waals surface area contributed by atoms with Gasteiger partial charge in [0.2, 0.25) is 0 Å². The predicted octanol–water partition coefficient (Wildman–Crippen LogP) is 1.66. The lowest BCUT2D eigenvalue weighted by Gasteiger charge is -2.32. The zero-order valence-corrected chi connectivity index (χ0v) is 13.1.